The summed E-state index contributed by atoms with van der Waals surface area (Å²) in [7, 11) is 6.07. The maximum absolute atomic E-state index is 6.48. The zero-order chi connectivity index (χ0) is 25.9. The Bertz CT molecular complexity index is 1210. The van der Waals surface area contributed by atoms with E-state index in [4.69, 9.17) is 32.9 Å². The predicted molar refractivity (Wildman–Crippen MR) is 157 cm³/mol. The van der Waals surface area contributed by atoms with Gasteiger partial charge < -0.3 is 19.9 Å². The molecule has 0 radical (unpaired) electrons. The zero-order valence-electron chi connectivity index (χ0n) is 21.8. The van der Waals surface area contributed by atoms with Crippen LogP contribution in [-0.2, 0) is 6.42 Å². The standard InChI is InChI=1S/C29H35Cl2N5O/c1-35(2)21-10-13-36(14-11-21)22-7-8-27(28(17-22)37-3)34-29-24-18-32-12-9-19(24)15-20(33-29)16-23-25(30)5-4-6-26(23)31/h4-8,12,17,21,29,34H,9-11,13-16,18H2,1-3H3. The van der Waals surface area contributed by atoms with Gasteiger partial charge in [0.2, 0.25) is 0 Å². The Morgan fingerprint density at radius 1 is 1.11 bits per heavy atom. The second kappa shape index (κ2) is 11.5. The Labute approximate surface area is 230 Å². The third-order valence-corrected chi connectivity index (χ3v) is 8.43. The van der Waals surface area contributed by atoms with Gasteiger partial charge in [-0.05, 0) is 62.3 Å². The number of allylic oxidation sites excluding steroid dienone is 1. The summed E-state index contributed by atoms with van der Waals surface area (Å²) in [6.07, 6.45) is 6.44. The maximum Gasteiger partial charge on any atom is 0.144 e. The molecule has 5 rings (SSSR count). The van der Waals surface area contributed by atoms with Gasteiger partial charge in [0.1, 0.15) is 11.9 Å². The third-order valence-electron chi connectivity index (χ3n) is 7.72. The van der Waals surface area contributed by atoms with Crippen LogP contribution in [0.2, 0.25) is 10.0 Å². The number of rotatable bonds is 7. The van der Waals surface area contributed by atoms with Crippen LogP contribution in [0.15, 0.2) is 57.5 Å². The molecule has 3 heterocycles. The summed E-state index contributed by atoms with van der Waals surface area (Å²) >= 11 is 13.0. The molecule has 196 valence electrons. The van der Waals surface area contributed by atoms with Crippen LogP contribution in [0.5, 0.6) is 5.75 Å². The van der Waals surface area contributed by atoms with Crippen molar-refractivity contribution < 1.29 is 4.74 Å². The summed E-state index contributed by atoms with van der Waals surface area (Å²) in [6.45, 7) is 2.76. The van der Waals surface area contributed by atoms with Gasteiger partial charge in [0.15, 0.2) is 0 Å². The summed E-state index contributed by atoms with van der Waals surface area (Å²) < 4.78 is 5.84. The number of anilines is 2. The summed E-state index contributed by atoms with van der Waals surface area (Å²) in [5.74, 6) is 0.824. The van der Waals surface area contributed by atoms with Crippen LogP contribution < -0.4 is 15.0 Å². The lowest BCUT2D eigenvalue weighted by molar-refractivity contribution is 0.249. The van der Waals surface area contributed by atoms with Crippen LogP contribution >= 0.6 is 23.2 Å². The van der Waals surface area contributed by atoms with Crippen molar-refractivity contribution in [2.75, 3.05) is 51.1 Å². The molecule has 3 aliphatic rings. The molecule has 1 N–H and O–H groups in total. The first-order valence-corrected chi connectivity index (χ1v) is 13.7. The number of aliphatic imine (C=N–C) groups is 2. The van der Waals surface area contributed by atoms with Crippen LogP contribution in [-0.4, -0.2) is 69.9 Å². The number of halogens is 2. The third kappa shape index (κ3) is 5.82. The first-order valence-electron chi connectivity index (χ1n) is 13.0. The van der Waals surface area contributed by atoms with Crippen molar-refractivity contribution in [2.45, 2.75) is 44.3 Å². The molecule has 1 saturated heterocycles. The van der Waals surface area contributed by atoms with E-state index in [-0.39, 0.29) is 6.17 Å². The normalized spacial score (nSPS) is 20.2. The number of methoxy groups -OCH3 is 1. The van der Waals surface area contributed by atoms with Crippen molar-refractivity contribution in [2.24, 2.45) is 9.98 Å². The van der Waals surface area contributed by atoms with E-state index in [1.54, 1.807) is 7.11 Å². The van der Waals surface area contributed by atoms with Crippen molar-refractivity contribution in [1.82, 2.24) is 4.90 Å². The van der Waals surface area contributed by atoms with Crippen molar-refractivity contribution in [3.05, 3.63) is 63.2 Å². The number of benzene rings is 2. The van der Waals surface area contributed by atoms with Crippen molar-refractivity contribution in [1.29, 1.82) is 0 Å². The van der Waals surface area contributed by atoms with Crippen molar-refractivity contribution >= 4 is 46.5 Å². The molecule has 3 aliphatic heterocycles. The maximum atomic E-state index is 6.48. The molecule has 1 unspecified atom stereocenters. The highest BCUT2D eigenvalue weighted by molar-refractivity contribution is 6.36. The van der Waals surface area contributed by atoms with Crippen molar-refractivity contribution in [3.8, 4) is 5.75 Å². The second-order valence-electron chi connectivity index (χ2n) is 10.2. The zero-order valence-corrected chi connectivity index (χ0v) is 23.3. The van der Waals surface area contributed by atoms with E-state index in [2.05, 4.69) is 52.4 Å². The molecule has 0 saturated carbocycles. The molecule has 0 amide bonds. The number of nitrogens with one attached hydrogen (secondary N) is 1. The average Bonchev–Trinajstić information content (AvgIpc) is 2.91. The minimum absolute atomic E-state index is 0.201. The number of dihydropyridines is 2. The first-order chi connectivity index (χ1) is 17.9. The highest BCUT2D eigenvalue weighted by Gasteiger charge is 2.27. The fourth-order valence-corrected chi connectivity index (χ4v) is 6.05. The molecule has 1 fully saturated rings. The Kier molecular flexibility index (Phi) is 8.08. The summed E-state index contributed by atoms with van der Waals surface area (Å²) in [6, 6.07) is 12.7. The van der Waals surface area contributed by atoms with Gasteiger partial charge >= 0.3 is 0 Å². The van der Waals surface area contributed by atoms with E-state index >= 15 is 0 Å². The molecule has 0 spiro atoms. The van der Waals surface area contributed by atoms with Crippen LogP contribution in [0.25, 0.3) is 0 Å². The van der Waals surface area contributed by atoms with E-state index in [9.17, 15) is 0 Å². The minimum atomic E-state index is -0.201. The van der Waals surface area contributed by atoms with E-state index in [0.717, 1.165) is 48.6 Å². The first kappa shape index (κ1) is 26.1. The molecule has 1 atom stereocenters. The molecular formula is C29H35Cl2N5O. The Balaban J connectivity index is 1.37. The highest BCUT2D eigenvalue weighted by Crippen LogP contribution is 2.35. The van der Waals surface area contributed by atoms with E-state index < -0.39 is 0 Å². The summed E-state index contributed by atoms with van der Waals surface area (Å²) in [5.41, 5.74) is 6.75. The molecule has 37 heavy (non-hydrogen) atoms. The largest absolute Gasteiger partial charge is 0.495 e. The fourth-order valence-electron chi connectivity index (χ4n) is 5.51. The molecular weight excluding hydrogens is 505 g/mol. The number of piperidine rings is 1. The van der Waals surface area contributed by atoms with Crippen LogP contribution in [0.4, 0.5) is 11.4 Å². The summed E-state index contributed by atoms with van der Waals surface area (Å²) in [5, 5.41) is 5.02. The monoisotopic (exact) mass is 539 g/mol. The van der Waals surface area contributed by atoms with Gasteiger partial charge in [0, 0.05) is 72.1 Å². The van der Waals surface area contributed by atoms with Gasteiger partial charge in [-0.25, -0.2) is 0 Å². The number of hydrogen-bond donors (Lipinski definition) is 1. The van der Waals surface area contributed by atoms with E-state index in [1.807, 2.05) is 24.4 Å². The number of hydrogen-bond acceptors (Lipinski definition) is 6. The van der Waals surface area contributed by atoms with E-state index in [0.29, 0.717) is 29.1 Å². The SMILES string of the molecule is COc1cc(N2CCC(N(C)C)CC2)ccc1NC1N=C(Cc2c(Cl)cccc2Cl)CC2=C1CN=CC2. The van der Waals surface area contributed by atoms with Gasteiger partial charge in [-0.1, -0.05) is 34.8 Å². The molecule has 0 bridgehead atoms. The number of ether oxygens (including phenoxy) is 1. The smallest absolute Gasteiger partial charge is 0.144 e. The Hall–Kier alpha value is -2.54. The lowest BCUT2D eigenvalue weighted by atomic mass is 9.90. The Morgan fingerprint density at radius 2 is 1.86 bits per heavy atom. The lowest BCUT2D eigenvalue weighted by Gasteiger charge is -2.36. The second-order valence-corrected chi connectivity index (χ2v) is 11.0. The number of nitrogens with zero attached hydrogens (tertiary/aromatic N) is 4. The molecule has 0 aliphatic carbocycles. The van der Waals surface area contributed by atoms with Gasteiger partial charge in [-0.15, -0.1) is 0 Å². The molecule has 2 aromatic rings. The van der Waals surface area contributed by atoms with Crippen LogP contribution in [0, 0.1) is 0 Å². The van der Waals surface area contributed by atoms with Crippen molar-refractivity contribution in [3.63, 3.8) is 0 Å². The van der Waals surface area contributed by atoms with Crippen LogP contribution in [0.3, 0.4) is 0 Å². The van der Waals surface area contributed by atoms with Gasteiger partial charge in [0.05, 0.1) is 19.3 Å². The average molecular weight is 541 g/mol. The minimum Gasteiger partial charge on any atom is -0.495 e. The topological polar surface area (TPSA) is 52.5 Å². The molecule has 0 aromatic heterocycles. The molecule has 6 nitrogen and oxygen atoms in total. The quantitative estimate of drug-likeness (QED) is 0.430. The Morgan fingerprint density at radius 3 is 2.57 bits per heavy atom. The molecule has 2 aromatic carbocycles. The van der Waals surface area contributed by atoms with Crippen LogP contribution in [0.1, 0.15) is 31.2 Å². The van der Waals surface area contributed by atoms with Gasteiger partial charge in [0.25, 0.3) is 0 Å². The summed E-state index contributed by atoms with van der Waals surface area (Å²) in [4.78, 5) is 14.5. The van der Waals surface area contributed by atoms with Gasteiger partial charge in [-0.3, -0.25) is 9.98 Å². The predicted octanol–water partition coefficient (Wildman–Crippen LogP) is 6.13. The lowest BCUT2D eigenvalue weighted by Crippen LogP contribution is -2.42. The highest BCUT2D eigenvalue weighted by atomic mass is 35.5. The van der Waals surface area contributed by atoms with Gasteiger partial charge in [-0.2, -0.15) is 0 Å². The van der Waals surface area contributed by atoms with E-state index in [1.165, 1.54) is 29.7 Å². The fraction of sp³-hybridized carbons (Fsp3) is 0.448. The molecule has 8 heteroatoms.